The van der Waals surface area contributed by atoms with Gasteiger partial charge in [-0.3, -0.25) is 5.32 Å². The molecule has 13 aromatic rings. The van der Waals surface area contributed by atoms with Gasteiger partial charge in [0.2, 0.25) is 0 Å². The molecule has 0 radical (unpaired) electrons. The monoisotopic (exact) mass is 991 g/mol. The first-order valence-electron chi connectivity index (χ1n) is 26.4. The maximum atomic E-state index is 5.72. The molecule has 0 fully saturated rings. The number of nitrogens with one attached hydrogen (secondary N) is 2. The number of para-hydroxylation sites is 3. The molecule has 1 aliphatic heterocycles. The van der Waals surface area contributed by atoms with Gasteiger partial charge in [0.25, 0.3) is 0 Å². The quantitative estimate of drug-likeness (QED) is 0.167. The highest BCUT2D eigenvalue weighted by atomic mass is 32.1. The van der Waals surface area contributed by atoms with Gasteiger partial charge in [0.1, 0.15) is 18.2 Å². The molecule has 6 heteroatoms. The van der Waals surface area contributed by atoms with E-state index in [0.717, 1.165) is 40.3 Å². The standard InChI is InChI=1S/C70H49N5S/c1-5-21-44(22-6-1)67-71-68(45-37-38-51-50-29-13-17-33-58(50)70(59(51)39-45,46-23-7-2-8-24-46)47-25-9-3-10-26-47)73-69(72-67)57-40-49(41-65-66(57)54-32-16-20-36-64(54)76-65)75-61-35-19-15-31-53(61)56-42-55-52-30-14-18-34-60(52)74(62(55)43-63(56)75)48-27-11-4-12-28-48/h1-37,39-43,51,68-69,73H,38H2,(H,71,72). The van der Waals surface area contributed by atoms with Crippen LogP contribution in [-0.4, -0.2) is 21.1 Å². The van der Waals surface area contributed by atoms with Crippen LogP contribution in [0.3, 0.4) is 0 Å². The molecule has 2 N–H and O–H groups in total. The highest BCUT2D eigenvalue weighted by molar-refractivity contribution is 7.25. The Morgan fingerprint density at radius 2 is 1.05 bits per heavy atom. The van der Waals surface area contributed by atoms with Gasteiger partial charge in [-0.1, -0.05) is 200 Å². The van der Waals surface area contributed by atoms with Gasteiger partial charge in [-0.15, -0.1) is 11.3 Å². The zero-order valence-corrected chi connectivity index (χ0v) is 42.3. The maximum absolute atomic E-state index is 5.72. The molecule has 16 rings (SSSR count). The molecule has 76 heavy (non-hydrogen) atoms. The molecule has 360 valence electrons. The summed E-state index contributed by atoms with van der Waals surface area (Å²) >= 11 is 1.86. The number of nitrogens with zero attached hydrogens (tertiary/aromatic N) is 3. The van der Waals surface area contributed by atoms with Crippen molar-refractivity contribution in [2.75, 3.05) is 0 Å². The van der Waals surface area contributed by atoms with Crippen molar-refractivity contribution in [1.82, 2.24) is 19.8 Å². The van der Waals surface area contributed by atoms with E-state index in [0.29, 0.717) is 0 Å². The van der Waals surface area contributed by atoms with Crippen molar-refractivity contribution in [2.45, 2.75) is 30.1 Å². The molecular weight excluding hydrogens is 943 g/mol. The number of benzene rings is 10. The van der Waals surface area contributed by atoms with Crippen molar-refractivity contribution in [1.29, 1.82) is 0 Å². The lowest BCUT2D eigenvalue weighted by atomic mass is 9.65. The number of aliphatic imine (C=N–C) groups is 1. The third-order valence-corrected chi connectivity index (χ3v) is 17.8. The minimum atomic E-state index is -0.465. The molecule has 3 atom stereocenters. The van der Waals surface area contributed by atoms with Crippen molar-refractivity contribution >= 4 is 81.0 Å². The van der Waals surface area contributed by atoms with E-state index in [1.165, 1.54) is 91.7 Å². The molecule has 0 amide bonds. The first-order valence-corrected chi connectivity index (χ1v) is 27.3. The van der Waals surface area contributed by atoms with Crippen molar-refractivity contribution in [2.24, 2.45) is 4.99 Å². The smallest absolute Gasteiger partial charge is 0.131 e. The normalized spacial score (nSPS) is 17.9. The van der Waals surface area contributed by atoms with Gasteiger partial charge in [0, 0.05) is 70.1 Å². The van der Waals surface area contributed by atoms with E-state index < -0.39 is 11.6 Å². The molecule has 5 nitrogen and oxygen atoms in total. The van der Waals surface area contributed by atoms with E-state index >= 15 is 0 Å². The minimum Gasteiger partial charge on any atom is -0.350 e. The van der Waals surface area contributed by atoms with Gasteiger partial charge in [-0.2, -0.15) is 0 Å². The molecule has 3 aromatic heterocycles. The molecule has 10 aromatic carbocycles. The van der Waals surface area contributed by atoms with Gasteiger partial charge in [0.15, 0.2) is 0 Å². The molecule has 3 unspecified atom stereocenters. The largest absolute Gasteiger partial charge is 0.350 e. The zero-order chi connectivity index (χ0) is 49.9. The summed E-state index contributed by atoms with van der Waals surface area (Å²) in [6, 6.07) is 89.3. The number of amidine groups is 1. The van der Waals surface area contributed by atoms with E-state index in [1.54, 1.807) is 0 Å². The van der Waals surface area contributed by atoms with E-state index in [1.807, 2.05) is 11.3 Å². The van der Waals surface area contributed by atoms with Crippen LogP contribution in [0.4, 0.5) is 0 Å². The number of allylic oxidation sites excluding steroid dienone is 2. The summed E-state index contributed by atoms with van der Waals surface area (Å²) in [6.07, 6.45) is 5.23. The van der Waals surface area contributed by atoms with Gasteiger partial charge < -0.3 is 14.5 Å². The molecular formula is C70H49N5S. The van der Waals surface area contributed by atoms with E-state index in [-0.39, 0.29) is 12.1 Å². The summed E-state index contributed by atoms with van der Waals surface area (Å²) in [5.74, 6) is 1.10. The molecule has 0 spiro atoms. The van der Waals surface area contributed by atoms with Crippen LogP contribution in [-0.2, 0) is 5.41 Å². The van der Waals surface area contributed by atoms with Gasteiger partial charge in [-0.25, -0.2) is 4.99 Å². The summed E-state index contributed by atoms with van der Waals surface area (Å²) in [5.41, 5.74) is 16.7. The minimum absolute atomic E-state index is 0.233. The number of rotatable bonds is 7. The maximum Gasteiger partial charge on any atom is 0.131 e. The summed E-state index contributed by atoms with van der Waals surface area (Å²) < 4.78 is 7.42. The lowest BCUT2D eigenvalue weighted by molar-refractivity contribution is 0.440. The Bertz CT molecular complexity index is 4520. The average Bonchev–Trinajstić information content (AvgIpc) is 4.32. The Balaban J connectivity index is 0.912. The highest BCUT2D eigenvalue weighted by Gasteiger charge is 2.51. The fraction of sp³-hybridized carbons (Fsp3) is 0.0714. The van der Waals surface area contributed by atoms with E-state index in [4.69, 9.17) is 4.99 Å². The number of thiophene rings is 1. The Morgan fingerprint density at radius 3 is 1.75 bits per heavy atom. The van der Waals surface area contributed by atoms with Crippen LogP contribution in [0.2, 0.25) is 0 Å². The molecule has 0 saturated heterocycles. The predicted molar refractivity (Wildman–Crippen MR) is 317 cm³/mol. The van der Waals surface area contributed by atoms with Crippen LogP contribution < -0.4 is 10.6 Å². The van der Waals surface area contributed by atoms with Crippen molar-refractivity contribution < 1.29 is 0 Å². The fourth-order valence-corrected chi connectivity index (χ4v) is 14.7. The summed E-state index contributed by atoms with van der Waals surface area (Å²) in [6.45, 7) is 0. The Morgan fingerprint density at radius 1 is 0.474 bits per heavy atom. The summed E-state index contributed by atoms with van der Waals surface area (Å²) in [7, 11) is 0. The Hall–Kier alpha value is -9.07. The lowest BCUT2D eigenvalue weighted by Crippen LogP contribution is -2.52. The zero-order valence-electron chi connectivity index (χ0n) is 41.4. The van der Waals surface area contributed by atoms with Gasteiger partial charge in [0.05, 0.1) is 27.5 Å². The van der Waals surface area contributed by atoms with Crippen molar-refractivity contribution in [3.05, 3.63) is 299 Å². The van der Waals surface area contributed by atoms with Gasteiger partial charge >= 0.3 is 0 Å². The first-order chi connectivity index (χ1) is 37.7. The second kappa shape index (κ2) is 17.0. The van der Waals surface area contributed by atoms with Crippen LogP contribution in [0.5, 0.6) is 0 Å². The second-order valence-electron chi connectivity index (χ2n) is 20.6. The topological polar surface area (TPSA) is 46.3 Å². The van der Waals surface area contributed by atoms with Crippen LogP contribution in [0.25, 0.3) is 75.2 Å². The molecule has 2 aliphatic carbocycles. The van der Waals surface area contributed by atoms with E-state index in [9.17, 15) is 0 Å². The van der Waals surface area contributed by atoms with Crippen LogP contribution in [0, 0.1) is 0 Å². The van der Waals surface area contributed by atoms with Crippen LogP contribution in [0.15, 0.2) is 271 Å². The summed E-state index contributed by atoms with van der Waals surface area (Å²) in [5, 5.41) is 15.6. The molecule has 4 heterocycles. The first kappa shape index (κ1) is 43.3. The lowest BCUT2D eigenvalue weighted by Gasteiger charge is -2.38. The average molecular weight is 992 g/mol. The third kappa shape index (κ3) is 6.38. The van der Waals surface area contributed by atoms with Crippen molar-refractivity contribution in [3.63, 3.8) is 0 Å². The second-order valence-corrected chi connectivity index (χ2v) is 21.7. The van der Waals surface area contributed by atoms with Crippen LogP contribution in [0.1, 0.15) is 51.9 Å². The predicted octanol–water partition coefficient (Wildman–Crippen LogP) is 16.6. The number of fused-ring (bicyclic) bond motifs is 12. The molecule has 3 aliphatic rings. The Labute approximate surface area is 444 Å². The number of hydrogen-bond acceptors (Lipinski definition) is 4. The summed E-state index contributed by atoms with van der Waals surface area (Å²) in [4.78, 5) is 5.72. The Kier molecular flexibility index (Phi) is 9.69. The molecule has 0 bridgehead atoms. The third-order valence-electron chi connectivity index (χ3n) is 16.6. The molecule has 0 saturated carbocycles. The van der Waals surface area contributed by atoms with Crippen molar-refractivity contribution in [3.8, 4) is 11.4 Å². The van der Waals surface area contributed by atoms with Crippen LogP contribution >= 0.6 is 11.3 Å². The number of hydrogen-bond donors (Lipinski definition) is 2. The highest BCUT2D eigenvalue weighted by Crippen LogP contribution is 2.60. The fourth-order valence-electron chi connectivity index (χ4n) is 13.5. The SMILES string of the molecule is C1=C(C2NC(c3ccccc3)=NC(c3cc(-n4c5ccccc5c5cc6c7ccccc7n(-c7ccccc7)c6cc54)cc4sc5ccccc5c34)N2)C=C2C(C1)c1ccccc1C2(c1ccccc1)c1ccccc1. The van der Waals surface area contributed by atoms with Gasteiger partial charge in [-0.05, 0) is 94.4 Å². The number of aromatic nitrogens is 2. The van der Waals surface area contributed by atoms with E-state index in [2.05, 4.69) is 275 Å².